The van der Waals surface area contributed by atoms with Crippen molar-refractivity contribution in [2.75, 3.05) is 12.3 Å². The third-order valence-corrected chi connectivity index (χ3v) is 2.73. The highest BCUT2D eigenvalue weighted by atomic mass is 16.5. The lowest BCUT2D eigenvalue weighted by Crippen LogP contribution is -2.08. The predicted molar refractivity (Wildman–Crippen MR) is 65.8 cm³/mol. The second kappa shape index (κ2) is 4.08. The van der Waals surface area contributed by atoms with E-state index in [1.54, 1.807) is 17.7 Å². The molecule has 17 heavy (non-hydrogen) atoms. The quantitative estimate of drug-likeness (QED) is 0.632. The van der Waals surface area contributed by atoms with Crippen LogP contribution in [-0.4, -0.2) is 22.4 Å². The summed E-state index contributed by atoms with van der Waals surface area (Å²) in [4.78, 5) is 11.7. The summed E-state index contributed by atoms with van der Waals surface area (Å²) in [6.45, 7) is 3.97. The number of nitrogen functional groups attached to an aromatic ring is 1. The molecule has 2 N–H and O–H groups in total. The van der Waals surface area contributed by atoms with Crippen molar-refractivity contribution in [3.8, 4) is 0 Å². The highest BCUT2D eigenvalue weighted by Crippen LogP contribution is 2.27. The molecular weight excluding hydrogens is 218 g/mol. The zero-order valence-electron chi connectivity index (χ0n) is 10.2. The van der Waals surface area contributed by atoms with E-state index in [2.05, 4.69) is 5.10 Å². The first kappa shape index (κ1) is 11.4. The van der Waals surface area contributed by atoms with Gasteiger partial charge in [0, 0.05) is 12.4 Å². The normalized spacial score (nSPS) is 10.8. The van der Waals surface area contributed by atoms with Crippen molar-refractivity contribution in [3.05, 3.63) is 23.4 Å². The van der Waals surface area contributed by atoms with E-state index in [9.17, 15) is 4.79 Å². The van der Waals surface area contributed by atoms with Gasteiger partial charge in [-0.25, -0.2) is 4.79 Å². The Hall–Kier alpha value is -2.04. The third kappa shape index (κ3) is 1.73. The van der Waals surface area contributed by atoms with Gasteiger partial charge in [-0.1, -0.05) is 0 Å². The summed E-state index contributed by atoms with van der Waals surface area (Å²) < 4.78 is 6.70. The van der Waals surface area contributed by atoms with Gasteiger partial charge in [-0.05, 0) is 26.0 Å². The first-order valence-corrected chi connectivity index (χ1v) is 5.45. The van der Waals surface area contributed by atoms with E-state index in [0.717, 1.165) is 16.6 Å². The fraction of sp³-hybridized carbons (Fsp3) is 0.333. The molecule has 0 radical (unpaired) electrons. The van der Waals surface area contributed by atoms with Gasteiger partial charge in [0.25, 0.3) is 0 Å². The molecule has 90 valence electrons. The molecule has 0 bridgehead atoms. The average Bonchev–Trinajstić information content (AvgIpc) is 2.56. The molecule has 1 heterocycles. The van der Waals surface area contributed by atoms with E-state index in [1.165, 1.54) is 0 Å². The van der Waals surface area contributed by atoms with Gasteiger partial charge in [-0.3, -0.25) is 4.68 Å². The minimum absolute atomic E-state index is 0.336. The van der Waals surface area contributed by atoms with Gasteiger partial charge in [0.15, 0.2) is 0 Å². The standard InChI is InChI=1S/C12H15N3O2/c1-4-17-12(16)8-5-6-9-10(11(8)13)7(2)14-15(9)3/h5-6H,4,13H2,1-3H3. The number of ether oxygens (including phenoxy) is 1. The van der Waals surface area contributed by atoms with Gasteiger partial charge >= 0.3 is 5.97 Å². The van der Waals surface area contributed by atoms with Crippen molar-refractivity contribution >= 4 is 22.6 Å². The number of fused-ring (bicyclic) bond motifs is 1. The van der Waals surface area contributed by atoms with Crippen LogP contribution in [0.5, 0.6) is 0 Å². The van der Waals surface area contributed by atoms with Crippen LogP contribution in [0, 0.1) is 6.92 Å². The number of esters is 1. The van der Waals surface area contributed by atoms with E-state index >= 15 is 0 Å². The highest BCUT2D eigenvalue weighted by Gasteiger charge is 2.16. The van der Waals surface area contributed by atoms with Crippen LogP contribution in [0.4, 0.5) is 5.69 Å². The van der Waals surface area contributed by atoms with Crippen LogP contribution in [0.25, 0.3) is 10.9 Å². The smallest absolute Gasteiger partial charge is 0.340 e. The van der Waals surface area contributed by atoms with Crippen LogP contribution < -0.4 is 5.73 Å². The molecular formula is C12H15N3O2. The van der Waals surface area contributed by atoms with Gasteiger partial charge in [-0.15, -0.1) is 0 Å². The Morgan fingerprint density at radius 3 is 2.88 bits per heavy atom. The van der Waals surface area contributed by atoms with E-state index in [-0.39, 0.29) is 0 Å². The second-order valence-electron chi connectivity index (χ2n) is 3.85. The van der Waals surface area contributed by atoms with Crippen LogP contribution in [0.15, 0.2) is 12.1 Å². The Labute approximate surface area is 99.2 Å². The van der Waals surface area contributed by atoms with Crippen LogP contribution in [0.1, 0.15) is 23.0 Å². The number of carbonyl (C=O) groups excluding carboxylic acids is 1. The molecule has 2 aromatic rings. The van der Waals surface area contributed by atoms with Crippen molar-refractivity contribution < 1.29 is 9.53 Å². The monoisotopic (exact) mass is 233 g/mol. The molecule has 0 aliphatic carbocycles. The Bertz CT molecular complexity index is 587. The SMILES string of the molecule is CCOC(=O)c1ccc2c(c(C)nn2C)c1N. The van der Waals surface area contributed by atoms with E-state index < -0.39 is 5.97 Å². The maximum atomic E-state index is 11.7. The van der Waals surface area contributed by atoms with Crippen molar-refractivity contribution in [1.29, 1.82) is 0 Å². The molecule has 0 saturated carbocycles. The number of anilines is 1. The molecule has 0 saturated heterocycles. The molecule has 0 aliphatic rings. The summed E-state index contributed by atoms with van der Waals surface area (Å²) >= 11 is 0. The van der Waals surface area contributed by atoms with Crippen LogP contribution in [0.2, 0.25) is 0 Å². The van der Waals surface area contributed by atoms with Crippen molar-refractivity contribution in [2.24, 2.45) is 7.05 Å². The Morgan fingerprint density at radius 2 is 2.24 bits per heavy atom. The second-order valence-corrected chi connectivity index (χ2v) is 3.85. The van der Waals surface area contributed by atoms with Gasteiger partial charge in [0.2, 0.25) is 0 Å². The predicted octanol–water partition coefficient (Wildman–Crippen LogP) is 1.64. The Morgan fingerprint density at radius 1 is 1.53 bits per heavy atom. The number of hydrogen-bond acceptors (Lipinski definition) is 4. The molecule has 0 spiro atoms. The molecule has 2 rings (SSSR count). The zero-order valence-corrected chi connectivity index (χ0v) is 10.2. The molecule has 1 aromatic heterocycles. The molecule has 0 amide bonds. The first-order valence-electron chi connectivity index (χ1n) is 5.45. The molecule has 5 nitrogen and oxygen atoms in total. The first-order chi connectivity index (χ1) is 8.06. The summed E-state index contributed by atoms with van der Waals surface area (Å²) in [5.41, 5.74) is 8.57. The molecule has 0 aliphatic heterocycles. The van der Waals surface area contributed by atoms with Crippen molar-refractivity contribution in [3.63, 3.8) is 0 Å². The number of nitrogens with two attached hydrogens (primary N) is 1. The van der Waals surface area contributed by atoms with Gasteiger partial charge in [-0.2, -0.15) is 5.10 Å². The molecule has 5 heteroatoms. The summed E-state index contributed by atoms with van der Waals surface area (Å²) in [6.07, 6.45) is 0. The van der Waals surface area contributed by atoms with Crippen LogP contribution in [0.3, 0.4) is 0 Å². The number of hydrogen-bond donors (Lipinski definition) is 1. The summed E-state index contributed by atoms with van der Waals surface area (Å²) in [6, 6.07) is 3.51. The molecule has 0 atom stereocenters. The minimum atomic E-state index is -0.393. The lowest BCUT2D eigenvalue weighted by molar-refractivity contribution is 0.0528. The lowest BCUT2D eigenvalue weighted by Gasteiger charge is -2.06. The number of nitrogens with zero attached hydrogens (tertiary/aromatic N) is 2. The average molecular weight is 233 g/mol. The topological polar surface area (TPSA) is 70.1 Å². The fourth-order valence-corrected chi connectivity index (χ4v) is 1.97. The van der Waals surface area contributed by atoms with Gasteiger partial charge < -0.3 is 10.5 Å². The number of benzene rings is 1. The number of rotatable bonds is 2. The van der Waals surface area contributed by atoms with Crippen molar-refractivity contribution in [2.45, 2.75) is 13.8 Å². The highest BCUT2D eigenvalue weighted by molar-refractivity contribution is 6.05. The van der Waals surface area contributed by atoms with Crippen LogP contribution in [-0.2, 0) is 11.8 Å². The van der Waals surface area contributed by atoms with E-state index in [0.29, 0.717) is 17.9 Å². The maximum absolute atomic E-state index is 11.7. The number of aromatic nitrogens is 2. The van der Waals surface area contributed by atoms with Gasteiger partial charge in [0.05, 0.1) is 29.1 Å². The summed E-state index contributed by atoms with van der Waals surface area (Å²) in [7, 11) is 1.85. The lowest BCUT2D eigenvalue weighted by atomic mass is 10.1. The fourth-order valence-electron chi connectivity index (χ4n) is 1.97. The minimum Gasteiger partial charge on any atom is -0.462 e. The number of aryl methyl sites for hydroxylation is 2. The number of carbonyl (C=O) groups is 1. The Kier molecular flexibility index (Phi) is 2.75. The molecule has 1 aromatic carbocycles. The van der Waals surface area contributed by atoms with Gasteiger partial charge in [0.1, 0.15) is 0 Å². The third-order valence-electron chi connectivity index (χ3n) is 2.73. The largest absolute Gasteiger partial charge is 0.462 e. The van der Waals surface area contributed by atoms with E-state index in [4.69, 9.17) is 10.5 Å². The van der Waals surface area contributed by atoms with Crippen LogP contribution >= 0.6 is 0 Å². The maximum Gasteiger partial charge on any atom is 0.340 e. The Balaban J connectivity index is 2.65. The summed E-state index contributed by atoms with van der Waals surface area (Å²) in [5, 5.41) is 5.10. The zero-order chi connectivity index (χ0) is 12.6. The molecule has 0 fully saturated rings. The summed E-state index contributed by atoms with van der Waals surface area (Å²) in [5.74, 6) is -0.393. The molecule has 0 unspecified atom stereocenters. The van der Waals surface area contributed by atoms with E-state index in [1.807, 2.05) is 20.0 Å². The van der Waals surface area contributed by atoms with Crippen molar-refractivity contribution in [1.82, 2.24) is 9.78 Å².